The molecule has 2 atom stereocenters. The lowest BCUT2D eigenvalue weighted by atomic mass is 9.81. The van der Waals surface area contributed by atoms with Gasteiger partial charge in [-0.15, -0.1) is 0 Å². The number of fused-ring (bicyclic) bond motifs is 1. The Morgan fingerprint density at radius 1 is 1.28 bits per heavy atom. The predicted octanol–water partition coefficient (Wildman–Crippen LogP) is 5.71. The van der Waals surface area contributed by atoms with Crippen molar-refractivity contribution in [3.05, 3.63) is 64.4 Å². The summed E-state index contributed by atoms with van der Waals surface area (Å²) in [6.07, 6.45) is 1.79. The van der Waals surface area contributed by atoms with Crippen LogP contribution in [-0.2, 0) is 16.8 Å². The summed E-state index contributed by atoms with van der Waals surface area (Å²) >= 11 is 6.03. The summed E-state index contributed by atoms with van der Waals surface area (Å²) in [5.41, 5.74) is 0.401. The Balaban J connectivity index is 1.76. The Bertz CT molecular complexity index is 895. The number of amides is 1. The van der Waals surface area contributed by atoms with Gasteiger partial charge in [0.2, 0.25) is 0 Å². The fourth-order valence-electron chi connectivity index (χ4n) is 4.37. The number of benzene rings is 2. The van der Waals surface area contributed by atoms with Crippen molar-refractivity contribution in [1.82, 2.24) is 4.90 Å². The van der Waals surface area contributed by atoms with Gasteiger partial charge < -0.3 is 14.4 Å². The van der Waals surface area contributed by atoms with Gasteiger partial charge in [0.1, 0.15) is 17.2 Å². The van der Waals surface area contributed by atoms with E-state index in [1.807, 2.05) is 51.1 Å². The Morgan fingerprint density at radius 2 is 2.00 bits per heavy atom. The molecule has 2 aliphatic rings. The van der Waals surface area contributed by atoms with Crippen molar-refractivity contribution < 1.29 is 18.7 Å². The van der Waals surface area contributed by atoms with Crippen LogP contribution >= 0.6 is 11.6 Å². The monoisotopic (exact) mass is 417 g/mol. The second kappa shape index (κ2) is 7.21. The summed E-state index contributed by atoms with van der Waals surface area (Å²) < 4.78 is 26.2. The first kappa shape index (κ1) is 20.0. The summed E-state index contributed by atoms with van der Waals surface area (Å²) in [4.78, 5) is 14.7. The van der Waals surface area contributed by atoms with Gasteiger partial charge in [-0.3, -0.25) is 0 Å². The molecule has 0 aromatic heterocycles. The molecule has 0 aliphatic carbocycles. The molecular weight excluding hydrogens is 393 g/mol. The second-order valence-corrected chi connectivity index (χ2v) is 9.15. The van der Waals surface area contributed by atoms with Crippen LogP contribution < -0.4 is 4.74 Å². The molecule has 29 heavy (non-hydrogen) atoms. The molecule has 2 heterocycles. The Labute approximate surface area is 175 Å². The zero-order chi connectivity index (χ0) is 20.8. The van der Waals surface area contributed by atoms with Crippen LogP contribution in [0.2, 0.25) is 5.02 Å². The van der Waals surface area contributed by atoms with Crippen molar-refractivity contribution in [3.8, 4) is 5.75 Å². The lowest BCUT2D eigenvalue weighted by Gasteiger charge is -2.40. The number of carbonyl (C=O) groups is 1. The number of nitrogens with zero attached hydrogens (tertiary/aromatic N) is 1. The molecule has 1 fully saturated rings. The first-order valence-corrected chi connectivity index (χ1v) is 10.3. The molecule has 0 unspecified atom stereocenters. The summed E-state index contributed by atoms with van der Waals surface area (Å²) in [5, 5.41) is 0.0756. The van der Waals surface area contributed by atoms with E-state index in [4.69, 9.17) is 21.1 Å². The van der Waals surface area contributed by atoms with Crippen LogP contribution in [0.5, 0.6) is 5.75 Å². The Morgan fingerprint density at radius 3 is 2.69 bits per heavy atom. The number of carbonyl (C=O) groups excluding carboxylic acids is 1. The van der Waals surface area contributed by atoms with Crippen molar-refractivity contribution in [2.24, 2.45) is 0 Å². The minimum absolute atomic E-state index is 0.0756. The fourth-order valence-corrected chi connectivity index (χ4v) is 4.55. The van der Waals surface area contributed by atoms with E-state index in [1.54, 1.807) is 11.0 Å². The standard InChI is InChI=1S/C23H25ClFNO3/c1-22(2,3)29-21(27)26-11-7-10-20(26)23(16-8-5-4-6-9-16)14-15-12-17(24)18(25)13-19(15)28-23/h4-6,8-9,12-13,20H,7,10-11,14H2,1-3H3/t20-,23-/m0/s1. The molecular formula is C23H25ClFNO3. The van der Waals surface area contributed by atoms with Crippen LogP contribution in [0.3, 0.4) is 0 Å². The van der Waals surface area contributed by atoms with Crippen LogP contribution in [-0.4, -0.2) is 29.2 Å². The molecule has 154 valence electrons. The van der Waals surface area contributed by atoms with E-state index in [9.17, 15) is 9.18 Å². The minimum Gasteiger partial charge on any atom is -0.480 e. The second-order valence-electron chi connectivity index (χ2n) is 8.74. The molecule has 4 nitrogen and oxygen atoms in total. The maximum Gasteiger partial charge on any atom is 0.410 e. The van der Waals surface area contributed by atoms with Gasteiger partial charge in [-0.2, -0.15) is 0 Å². The molecule has 1 saturated heterocycles. The number of likely N-dealkylation sites (tertiary alicyclic amines) is 1. The van der Waals surface area contributed by atoms with Crippen molar-refractivity contribution >= 4 is 17.7 Å². The number of rotatable bonds is 2. The van der Waals surface area contributed by atoms with E-state index >= 15 is 0 Å². The van der Waals surface area contributed by atoms with Crippen LogP contribution in [0.15, 0.2) is 42.5 Å². The first-order chi connectivity index (χ1) is 13.7. The van der Waals surface area contributed by atoms with Crippen molar-refractivity contribution in [2.75, 3.05) is 6.54 Å². The Hall–Kier alpha value is -2.27. The van der Waals surface area contributed by atoms with Crippen LogP contribution in [0.1, 0.15) is 44.7 Å². The zero-order valence-corrected chi connectivity index (χ0v) is 17.6. The smallest absolute Gasteiger partial charge is 0.410 e. The molecule has 6 heteroatoms. The van der Waals surface area contributed by atoms with Gasteiger partial charge in [-0.05, 0) is 45.2 Å². The highest BCUT2D eigenvalue weighted by Gasteiger charge is 2.53. The summed E-state index contributed by atoms with van der Waals surface area (Å²) in [7, 11) is 0. The molecule has 0 spiro atoms. The third-order valence-corrected chi connectivity index (χ3v) is 5.82. The SMILES string of the molecule is CC(C)(C)OC(=O)N1CCC[C@H]1[C@@]1(c2ccccc2)Cc2cc(Cl)c(F)cc2O1. The minimum atomic E-state index is -0.811. The van der Waals surface area contributed by atoms with E-state index in [0.717, 1.165) is 24.0 Å². The third kappa shape index (κ3) is 3.68. The zero-order valence-electron chi connectivity index (χ0n) is 16.9. The van der Waals surface area contributed by atoms with Crippen molar-refractivity contribution in [3.63, 3.8) is 0 Å². The first-order valence-electron chi connectivity index (χ1n) is 9.92. The van der Waals surface area contributed by atoms with E-state index in [-0.39, 0.29) is 17.2 Å². The van der Waals surface area contributed by atoms with E-state index in [0.29, 0.717) is 18.7 Å². The third-order valence-electron chi connectivity index (χ3n) is 5.53. The van der Waals surface area contributed by atoms with Crippen LogP contribution in [0.25, 0.3) is 0 Å². The van der Waals surface area contributed by atoms with Crippen LogP contribution in [0.4, 0.5) is 9.18 Å². The average Bonchev–Trinajstić information content (AvgIpc) is 3.27. The highest BCUT2D eigenvalue weighted by atomic mass is 35.5. The number of hydrogen-bond donors (Lipinski definition) is 0. The van der Waals surface area contributed by atoms with Gasteiger partial charge in [-0.1, -0.05) is 41.9 Å². The number of ether oxygens (including phenoxy) is 2. The number of hydrogen-bond acceptors (Lipinski definition) is 3. The van der Waals surface area contributed by atoms with Gasteiger partial charge in [0.05, 0.1) is 11.1 Å². The highest BCUT2D eigenvalue weighted by Crippen LogP contribution is 2.48. The summed E-state index contributed by atoms with van der Waals surface area (Å²) in [5.74, 6) is -0.0310. The van der Waals surface area contributed by atoms with Gasteiger partial charge in [-0.25, -0.2) is 9.18 Å². The molecule has 4 rings (SSSR count). The molecule has 0 bridgehead atoms. The van der Waals surface area contributed by atoms with Gasteiger partial charge in [0.25, 0.3) is 0 Å². The normalized spacial score (nSPS) is 23.6. The summed E-state index contributed by atoms with van der Waals surface area (Å²) in [6, 6.07) is 12.6. The van der Waals surface area contributed by atoms with Gasteiger partial charge in [0.15, 0.2) is 5.60 Å². The largest absolute Gasteiger partial charge is 0.480 e. The van der Waals surface area contributed by atoms with E-state index < -0.39 is 17.0 Å². The highest BCUT2D eigenvalue weighted by molar-refractivity contribution is 6.30. The quantitative estimate of drug-likeness (QED) is 0.628. The van der Waals surface area contributed by atoms with Gasteiger partial charge >= 0.3 is 6.09 Å². The topological polar surface area (TPSA) is 38.8 Å². The maximum atomic E-state index is 14.1. The number of halogens is 2. The average molecular weight is 418 g/mol. The fraction of sp³-hybridized carbons (Fsp3) is 0.435. The van der Waals surface area contributed by atoms with Crippen LogP contribution in [0, 0.1) is 5.82 Å². The Kier molecular flexibility index (Phi) is 4.97. The van der Waals surface area contributed by atoms with Crippen molar-refractivity contribution in [2.45, 2.75) is 57.3 Å². The molecule has 0 N–H and O–H groups in total. The maximum absolute atomic E-state index is 14.1. The van der Waals surface area contributed by atoms with Gasteiger partial charge in [0, 0.05) is 24.6 Å². The summed E-state index contributed by atoms with van der Waals surface area (Å²) in [6.45, 7) is 6.17. The molecule has 2 aliphatic heterocycles. The lowest BCUT2D eigenvalue weighted by molar-refractivity contribution is -0.0216. The molecule has 2 aromatic carbocycles. The van der Waals surface area contributed by atoms with E-state index in [2.05, 4.69) is 0 Å². The molecule has 0 radical (unpaired) electrons. The lowest BCUT2D eigenvalue weighted by Crippen LogP contribution is -2.53. The molecule has 1 amide bonds. The van der Waals surface area contributed by atoms with Crippen molar-refractivity contribution in [1.29, 1.82) is 0 Å². The molecule has 0 saturated carbocycles. The predicted molar refractivity (Wildman–Crippen MR) is 110 cm³/mol. The molecule has 2 aromatic rings. The van der Waals surface area contributed by atoms with E-state index in [1.165, 1.54) is 6.07 Å².